The fraction of sp³-hybridized carbons (Fsp3) is 1.00. The van der Waals surface area contributed by atoms with E-state index < -0.39 is 9.84 Å². The second-order valence-corrected chi connectivity index (χ2v) is 9.61. The molecule has 2 rings (SSSR count). The topological polar surface area (TPSA) is 49.4 Å². The lowest BCUT2D eigenvalue weighted by Gasteiger charge is -2.41. The number of hydrogen-bond donors (Lipinski definition) is 1. The van der Waals surface area contributed by atoms with Gasteiger partial charge in [-0.25, -0.2) is 8.42 Å². The molecule has 0 aromatic carbocycles. The Morgan fingerprint density at radius 3 is 2.80 bits per heavy atom. The Labute approximate surface area is 128 Å². The third-order valence-electron chi connectivity index (χ3n) is 4.57. The summed E-state index contributed by atoms with van der Waals surface area (Å²) in [6, 6.07) is 0. The number of hydrogen-bond acceptors (Lipinski definition) is 5. The smallest absolute Gasteiger partial charge is 0.166 e. The van der Waals surface area contributed by atoms with Gasteiger partial charge in [0.25, 0.3) is 0 Å². The molecule has 0 spiro atoms. The van der Waals surface area contributed by atoms with E-state index in [1.54, 1.807) is 18.7 Å². The first-order valence-corrected chi connectivity index (χ1v) is 10.7. The minimum absolute atomic E-state index is 0.151. The fourth-order valence-electron chi connectivity index (χ4n) is 3.48. The molecule has 0 aliphatic carbocycles. The minimum atomic E-state index is -2.98. The van der Waals surface area contributed by atoms with Gasteiger partial charge in [0, 0.05) is 35.9 Å². The molecule has 1 N–H and O–H groups in total. The average molecular weight is 321 g/mol. The van der Waals surface area contributed by atoms with E-state index in [0.717, 1.165) is 44.0 Å². The maximum absolute atomic E-state index is 12.3. The standard InChI is InChI=1S/C14H28N2O2S2/c1-3-6-14(7-5-8-15-14)12-16-9-10-19-11-13(16)20(17,18)4-2/h13,15H,3-12H2,1-2H3. The van der Waals surface area contributed by atoms with Crippen LogP contribution in [0.25, 0.3) is 0 Å². The quantitative estimate of drug-likeness (QED) is 0.807. The Morgan fingerprint density at radius 1 is 1.40 bits per heavy atom. The second kappa shape index (κ2) is 6.99. The maximum Gasteiger partial charge on any atom is 0.166 e. The van der Waals surface area contributed by atoms with Gasteiger partial charge >= 0.3 is 0 Å². The van der Waals surface area contributed by atoms with E-state index >= 15 is 0 Å². The van der Waals surface area contributed by atoms with Crippen molar-refractivity contribution in [2.45, 2.75) is 50.4 Å². The zero-order valence-corrected chi connectivity index (χ0v) is 14.4. The molecule has 2 aliphatic heterocycles. The zero-order valence-electron chi connectivity index (χ0n) is 12.7. The van der Waals surface area contributed by atoms with Crippen molar-refractivity contribution in [3.63, 3.8) is 0 Å². The van der Waals surface area contributed by atoms with Crippen molar-refractivity contribution >= 4 is 21.6 Å². The lowest BCUT2D eigenvalue weighted by atomic mass is 9.91. The molecule has 0 radical (unpaired) electrons. The summed E-state index contributed by atoms with van der Waals surface area (Å²) in [5.41, 5.74) is 0.151. The molecule has 2 heterocycles. The van der Waals surface area contributed by atoms with Gasteiger partial charge < -0.3 is 5.32 Å². The molecule has 0 aromatic rings. The molecule has 2 unspecified atom stereocenters. The van der Waals surface area contributed by atoms with E-state index in [2.05, 4.69) is 17.1 Å². The summed E-state index contributed by atoms with van der Waals surface area (Å²) < 4.78 is 24.7. The predicted octanol–water partition coefficient (Wildman–Crippen LogP) is 1.72. The highest BCUT2D eigenvalue weighted by Crippen LogP contribution is 2.30. The van der Waals surface area contributed by atoms with Crippen LogP contribution in [0.5, 0.6) is 0 Å². The first-order valence-electron chi connectivity index (χ1n) is 7.81. The molecule has 2 fully saturated rings. The van der Waals surface area contributed by atoms with Gasteiger partial charge in [-0.05, 0) is 25.8 Å². The number of rotatable bonds is 6. The lowest BCUT2D eigenvalue weighted by Crippen LogP contribution is -2.57. The normalized spacial score (nSPS) is 32.6. The SMILES string of the molecule is CCCC1(CN2CCSCC2S(=O)(=O)CC)CCCN1. The molecule has 0 saturated carbocycles. The summed E-state index contributed by atoms with van der Waals surface area (Å²) in [6.45, 7) is 6.86. The number of nitrogens with one attached hydrogen (secondary N) is 1. The van der Waals surface area contributed by atoms with Crippen molar-refractivity contribution in [3.05, 3.63) is 0 Å². The fourth-order valence-corrected chi connectivity index (χ4v) is 6.56. The molecule has 2 atom stereocenters. The Balaban J connectivity index is 2.12. The second-order valence-electron chi connectivity index (χ2n) is 6.01. The summed E-state index contributed by atoms with van der Waals surface area (Å²) in [5.74, 6) is 2.04. The third-order valence-corrected chi connectivity index (χ3v) is 7.91. The van der Waals surface area contributed by atoms with Gasteiger partial charge in [0.15, 0.2) is 9.84 Å². The van der Waals surface area contributed by atoms with E-state index in [1.807, 2.05) is 0 Å². The summed E-state index contributed by atoms with van der Waals surface area (Å²) in [7, 11) is -2.98. The molecule has 0 bridgehead atoms. The van der Waals surface area contributed by atoms with E-state index in [4.69, 9.17) is 0 Å². The summed E-state index contributed by atoms with van der Waals surface area (Å²) in [4.78, 5) is 2.24. The van der Waals surface area contributed by atoms with Gasteiger partial charge in [0.2, 0.25) is 0 Å². The predicted molar refractivity (Wildman–Crippen MR) is 87.0 cm³/mol. The highest BCUT2D eigenvalue weighted by Gasteiger charge is 2.40. The number of nitrogens with zero attached hydrogens (tertiary/aromatic N) is 1. The highest BCUT2D eigenvalue weighted by atomic mass is 32.2. The molecule has 2 saturated heterocycles. The van der Waals surface area contributed by atoms with Crippen LogP contribution in [0.15, 0.2) is 0 Å². The highest BCUT2D eigenvalue weighted by molar-refractivity contribution is 8.01. The van der Waals surface area contributed by atoms with Crippen molar-refractivity contribution in [2.75, 3.05) is 36.9 Å². The largest absolute Gasteiger partial charge is 0.310 e. The lowest BCUT2D eigenvalue weighted by molar-refractivity contribution is 0.180. The Bertz CT molecular complexity index is 405. The molecule has 4 nitrogen and oxygen atoms in total. The van der Waals surface area contributed by atoms with Crippen LogP contribution in [0.1, 0.15) is 39.5 Å². The van der Waals surface area contributed by atoms with Crippen molar-refractivity contribution < 1.29 is 8.42 Å². The van der Waals surface area contributed by atoms with Gasteiger partial charge in [0.05, 0.1) is 0 Å². The van der Waals surface area contributed by atoms with Crippen LogP contribution in [0.3, 0.4) is 0 Å². The molecule has 0 amide bonds. The molecular weight excluding hydrogens is 292 g/mol. The molecular formula is C14H28N2O2S2. The monoisotopic (exact) mass is 320 g/mol. The minimum Gasteiger partial charge on any atom is -0.310 e. The zero-order chi connectivity index (χ0) is 14.6. The van der Waals surface area contributed by atoms with Crippen LogP contribution in [-0.4, -0.2) is 61.1 Å². The summed E-state index contributed by atoms with van der Waals surface area (Å²) >= 11 is 1.78. The molecule has 2 aliphatic rings. The van der Waals surface area contributed by atoms with E-state index in [9.17, 15) is 8.42 Å². The van der Waals surface area contributed by atoms with Gasteiger partial charge in [0.1, 0.15) is 5.37 Å². The first kappa shape index (κ1) is 16.6. The van der Waals surface area contributed by atoms with Crippen LogP contribution in [0.4, 0.5) is 0 Å². The van der Waals surface area contributed by atoms with Gasteiger partial charge in [-0.15, -0.1) is 0 Å². The number of thioether (sulfide) groups is 1. The van der Waals surface area contributed by atoms with Gasteiger partial charge in [-0.1, -0.05) is 20.3 Å². The maximum atomic E-state index is 12.3. The molecule has 6 heteroatoms. The first-order chi connectivity index (χ1) is 9.53. The average Bonchev–Trinajstić information content (AvgIpc) is 2.88. The molecule has 118 valence electrons. The van der Waals surface area contributed by atoms with Crippen LogP contribution in [-0.2, 0) is 9.84 Å². The van der Waals surface area contributed by atoms with Crippen LogP contribution in [0.2, 0.25) is 0 Å². The van der Waals surface area contributed by atoms with E-state index in [-0.39, 0.29) is 16.7 Å². The summed E-state index contributed by atoms with van der Waals surface area (Å²) in [6.07, 6.45) is 4.70. The Hall–Kier alpha value is 0.220. The van der Waals surface area contributed by atoms with Crippen molar-refractivity contribution in [2.24, 2.45) is 0 Å². The Kier molecular flexibility index (Phi) is 5.79. The van der Waals surface area contributed by atoms with Crippen LogP contribution in [0, 0.1) is 0 Å². The van der Waals surface area contributed by atoms with Crippen molar-refractivity contribution in [3.8, 4) is 0 Å². The molecule has 20 heavy (non-hydrogen) atoms. The van der Waals surface area contributed by atoms with Gasteiger partial charge in [-0.3, -0.25) is 4.90 Å². The van der Waals surface area contributed by atoms with Crippen molar-refractivity contribution in [1.29, 1.82) is 0 Å². The van der Waals surface area contributed by atoms with Gasteiger partial charge in [-0.2, -0.15) is 11.8 Å². The van der Waals surface area contributed by atoms with E-state index in [1.165, 1.54) is 12.8 Å². The van der Waals surface area contributed by atoms with Crippen LogP contribution >= 0.6 is 11.8 Å². The number of sulfone groups is 1. The van der Waals surface area contributed by atoms with Crippen LogP contribution < -0.4 is 5.32 Å². The summed E-state index contributed by atoms with van der Waals surface area (Å²) in [5, 5.41) is 3.39. The Morgan fingerprint density at radius 2 is 2.20 bits per heavy atom. The third kappa shape index (κ3) is 3.70. The van der Waals surface area contributed by atoms with Crippen molar-refractivity contribution in [1.82, 2.24) is 10.2 Å². The van der Waals surface area contributed by atoms with E-state index in [0.29, 0.717) is 0 Å². The molecule has 0 aromatic heterocycles.